The number of methoxy groups -OCH3 is 1. The normalized spacial score (nSPS) is 11.8. The number of anilines is 1. The summed E-state index contributed by atoms with van der Waals surface area (Å²) < 4.78 is 32.1. The van der Waals surface area contributed by atoms with Crippen LogP contribution in [0.1, 0.15) is 19.3 Å². The number of ether oxygens (including phenoxy) is 1. The van der Waals surface area contributed by atoms with Gasteiger partial charge in [-0.1, -0.05) is 11.6 Å². The van der Waals surface area contributed by atoms with E-state index >= 15 is 0 Å². The van der Waals surface area contributed by atoms with Crippen LogP contribution in [0, 0.1) is 0 Å². The first-order valence-corrected chi connectivity index (χ1v) is 8.77. The summed E-state index contributed by atoms with van der Waals surface area (Å²) in [5.41, 5.74) is 5.98. The Labute approximate surface area is 133 Å². The van der Waals surface area contributed by atoms with Crippen LogP contribution in [0.4, 0.5) is 5.69 Å². The van der Waals surface area contributed by atoms with E-state index in [1.165, 1.54) is 12.1 Å². The third kappa shape index (κ3) is 5.21. The molecule has 0 aliphatic rings. The number of benzene rings is 1. The number of hydrogen-bond acceptors (Lipinski definition) is 4. The molecule has 0 heterocycles. The fraction of sp³-hybridized carbons (Fsp3) is 0.500. The molecule has 3 N–H and O–H groups in total. The standard InChI is InChI=1S/C12H18BrClN2O3S/c1-19-6-4-2-3-5-16-20(17,18)11-8-9(14)7-10(15)12(11)13/h7-8,16H,2-6,15H2,1H3. The number of nitrogens with one attached hydrogen (secondary N) is 1. The van der Waals surface area contributed by atoms with Gasteiger partial charge in [-0.25, -0.2) is 13.1 Å². The third-order valence-corrected chi connectivity index (χ3v) is 5.49. The number of halogens is 2. The highest BCUT2D eigenvalue weighted by Crippen LogP contribution is 2.31. The molecule has 1 rings (SSSR count). The van der Waals surface area contributed by atoms with E-state index in [0.717, 1.165) is 19.3 Å². The van der Waals surface area contributed by atoms with Crippen molar-refractivity contribution < 1.29 is 13.2 Å². The van der Waals surface area contributed by atoms with Crippen LogP contribution in [0.5, 0.6) is 0 Å². The van der Waals surface area contributed by atoms with Gasteiger partial charge in [0.05, 0.1) is 9.37 Å². The van der Waals surface area contributed by atoms with Crippen molar-refractivity contribution in [2.24, 2.45) is 0 Å². The Bertz CT molecular complexity index is 552. The van der Waals surface area contributed by atoms with Crippen LogP contribution >= 0.6 is 27.5 Å². The monoisotopic (exact) mass is 384 g/mol. The topological polar surface area (TPSA) is 81.4 Å². The Balaban J connectivity index is 2.65. The smallest absolute Gasteiger partial charge is 0.241 e. The summed E-state index contributed by atoms with van der Waals surface area (Å²) in [6, 6.07) is 2.87. The Morgan fingerprint density at radius 1 is 1.35 bits per heavy atom. The summed E-state index contributed by atoms with van der Waals surface area (Å²) in [4.78, 5) is 0.0550. The lowest BCUT2D eigenvalue weighted by Crippen LogP contribution is -2.25. The minimum Gasteiger partial charge on any atom is -0.398 e. The van der Waals surface area contributed by atoms with Crippen LogP contribution in [0.2, 0.25) is 5.02 Å². The van der Waals surface area contributed by atoms with Gasteiger partial charge in [0.15, 0.2) is 0 Å². The van der Waals surface area contributed by atoms with E-state index in [-0.39, 0.29) is 15.6 Å². The molecule has 0 aliphatic carbocycles. The zero-order chi connectivity index (χ0) is 15.2. The fourth-order valence-electron chi connectivity index (χ4n) is 1.61. The molecule has 5 nitrogen and oxygen atoms in total. The number of rotatable bonds is 8. The number of hydrogen-bond donors (Lipinski definition) is 2. The number of unbranched alkanes of at least 4 members (excludes halogenated alkanes) is 2. The first kappa shape index (κ1) is 17.7. The number of nitrogens with two attached hydrogens (primary N) is 1. The van der Waals surface area contributed by atoms with Gasteiger partial charge >= 0.3 is 0 Å². The van der Waals surface area contributed by atoms with Gasteiger partial charge in [0.2, 0.25) is 10.0 Å². The lowest BCUT2D eigenvalue weighted by atomic mass is 10.2. The van der Waals surface area contributed by atoms with Gasteiger partial charge in [0.25, 0.3) is 0 Å². The second kappa shape index (κ2) is 8.19. The largest absolute Gasteiger partial charge is 0.398 e. The van der Waals surface area contributed by atoms with Gasteiger partial charge in [0, 0.05) is 31.0 Å². The molecule has 0 spiro atoms. The fourth-order valence-corrected chi connectivity index (χ4v) is 3.98. The molecule has 0 fully saturated rings. The highest BCUT2D eigenvalue weighted by molar-refractivity contribution is 9.10. The molecule has 1 aromatic carbocycles. The lowest BCUT2D eigenvalue weighted by Gasteiger charge is -2.10. The summed E-state index contributed by atoms with van der Waals surface area (Å²) in [7, 11) is -1.98. The van der Waals surface area contributed by atoms with Crippen molar-refractivity contribution in [1.82, 2.24) is 4.72 Å². The molecule has 114 valence electrons. The highest BCUT2D eigenvalue weighted by atomic mass is 79.9. The summed E-state index contributed by atoms with van der Waals surface area (Å²) in [5.74, 6) is 0. The number of nitrogen functional groups attached to an aromatic ring is 1. The summed E-state index contributed by atoms with van der Waals surface area (Å²) in [5, 5.41) is 0.283. The third-order valence-electron chi connectivity index (χ3n) is 2.64. The Kier molecular flexibility index (Phi) is 7.25. The van der Waals surface area contributed by atoms with Crippen molar-refractivity contribution in [2.45, 2.75) is 24.2 Å². The molecular formula is C12H18BrClN2O3S. The molecule has 0 radical (unpaired) electrons. The Morgan fingerprint density at radius 2 is 2.05 bits per heavy atom. The molecule has 8 heteroatoms. The number of sulfonamides is 1. The van der Waals surface area contributed by atoms with Crippen molar-refractivity contribution >= 4 is 43.2 Å². The molecule has 0 atom stereocenters. The van der Waals surface area contributed by atoms with Gasteiger partial charge in [-0.15, -0.1) is 0 Å². The second-order valence-corrected chi connectivity index (χ2v) is 7.22. The molecule has 1 aromatic rings. The zero-order valence-corrected chi connectivity index (χ0v) is 14.3. The summed E-state index contributed by atoms with van der Waals surface area (Å²) in [6.07, 6.45) is 2.55. The maximum Gasteiger partial charge on any atom is 0.241 e. The van der Waals surface area contributed by atoms with E-state index in [4.69, 9.17) is 22.1 Å². The lowest BCUT2D eigenvalue weighted by molar-refractivity contribution is 0.192. The molecule has 0 aliphatic heterocycles. The molecule has 0 bridgehead atoms. The summed E-state index contributed by atoms with van der Waals surface area (Å²) >= 11 is 9.01. The molecule has 0 unspecified atom stereocenters. The SMILES string of the molecule is COCCCCCNS(=O)(=O)c1cc(Cl)cc(N)c1Br. The van der Waals surface area contributed by atoms with Gasteiger partial charge < -0.3 is 10.5 Å². The van der Waals surface area contributed by atoms with Crippen LogP contribution in [0.3, 0.4) is 0 Å². The van der Waals surface area contributed by atoms with E-state index in [2.05, 4.69) is 20.7 Å². The van der Waals surface area contributed by atoms with Crippen molar-refractivity contribution in [3.63, 3.8) is 0 Å². The Morgan fingerprint density at radius 3 is 2.70 bits per heavy atom. The molecule has 0 amide bonds. The second-order valence-electron chi connectivity index (χ2n) is 4.26. The van der Waals surface area contributed by atoms with Crippen molar-refractivity contribution in [3.05, 3.63) is 21.6 Å². The van der Waals surface area contributed by atoms with E-state index in [1.54, 1.807) is 7.11 Å². The first-order valence-electron chi connectivity index (χ1n) is 6.11. The maximum absolute atomic E-state index is 12.2. The van der Waals surface area contributed by atoms with Gasteiger partial charge in [0.1, 0.15) is 0 Å². The quantitative estimate of drug-likeness (QED) is 0.532. The molecule has 0 saturated heterocycles. The van der Waals surface area contributed by atoms with Gasteiger partial charge in [-0.05, 0) is 47.3 Å². The van der Waals surface area contributed by atoms with Gasteiger partial charge in [-0.2, -0.15) is 0 Å². The molecule has 0 saturated carbocycles. The molecule has 20 heavy (non-hydrogen) atoms. The minimum atomic E-state index is -3.62. The van der Waals surface area contributed by atoms with Crippen LogP contribution < -0.4 is 10.5 Å². The van der Waals surface area contributed by atoms with E-state index in [0.29, 0.717) is 17.6 Å². The Hall–Kier alpha value is -0.340. The highest BCUT2D eigenvalue weighted by Gasteiger charge is 2.19. The van der Waals surface area contributed by atoms with Crippen LogP contribution in [-0.2, 0) is 14.8 Å². The van der Waals surface area contributed by atoms with E-state index in [1.807, 2.05) is 0 Å². The van der Waals surface area contributed by atoms with E-state index < -0.39 is 10.0 Å². The average molecular weight is 386 g/mol. The van der Waals surface area contributed by atoms with E-state index in [9.17, 15) is 8.42 Å². The average Bonchev–Trinajstić information content (AvgIpc) is 2.37. The van der Waals surface area contributed by atoms with Gasteiger partial charge in [-0.3, -0.25) is 0 Å². The predicted molar refractivity (Wildman–Crippen MR) is 84.5 cm³/mol. The van der Waals surface area contributed by atoms with Crippen molar-refractivity contribution in [2.75, 3.05) is 26.0 Å². The van der Waals surface area contributed by atoms with Crippen molar-refractivity contribution in [1.29, 1.82) is 0 Å². The molecular weight excluding hydrogens is 368 g/mol. The molecule has 0 aromatic heterocycles. The first-order chi connectivity index (χ1) is 9.38. The van der Waals surface area contributed by atoms with Crippen LogP contribution in [0.15, 0.2) is 21.5 Å². The minimum absolute atomic E-state index is 0.0550. The van der Waals surface area contributed by atoms with Crippen molar-refractivity contribution in [3.8, 4) is 0 Å². The summed E-state index contributed by atoms with van der Waals surface area (Å²) in [6.45, 7) is 1.05. The van der Waals surface area contributed by atoms with Crippen LogP contribution in [0.25, 0.3) is 0 Å². The van der Waals surface area contributed by atoms with Crippen LogP contribution in [-0.4, -0.2) is 28.7 Å². The predicted octanol–water partition coefficient (Wildman–Crippen LogP) is 2.78. The maximum atomic E-state index is 12.2. The zero-order valence-electron chi connectivity index (χ0n) is 11.2.